The van der Waals surface area contributed by atoms with Crippen molar-refractivity contribution in [1.29, 1.82) is 0 Å². The minimum atomic E-state index is 0.633. The molecular formula is C16H24BrNO2. The van der Waals surface area contributed by atoms with E-state index in [1.54, 1.807) is 0 Å². The zero-order valence-electron chi connectivity index (χ0n) is 12.2. The van der Waals surface area contributed by atoms with Gasteiger partial charge in [0.05, 0.1) is 6.61 Å². The van der Waals surface area contributed by atoms with Crippen LogP contribution in [0, 0.1) is 5.92 Å². The third kappa shape index (κ3) is 5.08. The fraction of sp³-hybridized carbons (Fsp3) is 0.625. The summed E-state index contributed by atoms with van der Waals surface area (Å²) >= 11 is 3.60. The Balaban J connectivity index is 1.85. The first-order valence-corrected chi connectivity index (χ1v) is 8.28. The van der Waals surface area contributed by atoms with Crippen LogP contribution in [0.15, 0.2) is 22.7 Å². The number of benzene rings is 1. The average Bonchev–Trinajstić information content (AvgIpc) is 2.49. The molecule has 1 aliphatic heterocycles. The van der Waals surface area contributed by atoms with Crippen molar-refractivity contribution in [3.63, 3.8) is 0 Å². The molecule has 0 amide bonds. The molecular weight excluding hydrogens is 318 g/mol. The molecule has 1 fully saturated rings. The van der Waals surface area contributed by atoms with Gasteiger partial charge in [0.1, 0.15) is 5.75 Å². The monoisotopic (exact) mass is 341 g/mol. The molecule has 1 aromatic rings. The van der Waals surface area contributed by atoms with Crippen LogP contribution >= 0.6 is 15.9 Å². The van der Waals surface area contributed by atoms with Gasteiger partial charge in [-0.2, -0.15) is 0 Å². The molecule has 1 aromatic carbocycles. The second kappa shape index (κ2) is 8.65. The highest BCUT2D eigenvalue weighted by Crippen LogP contribution is 2.24. The summed E-state index contributed by atoms with van der Waals surface area (Å²) in [5.41, 5.74) is 1.25. The Morgan fingerprint density at radius 2 is 2.15 bits per heavy atom. The highest BCUT2D eigenvalue weighted by Gasteiger charge is 2.14. The largest absolute Gasteiger partial charge is 0.493 e. The summed E-state index contributed by atoms with van der Waals surface area (Å²) in [6.07, 6.45) is 3.38. The lowest BCUT2D eigenvalue weighted by molar-refractivity contribution is 0.0497. The minimum Gasteiger partial charge on any atom is -0.493 e. The van der Waals surface area contributed by atoms with E-state index in [1.165, 1.54) is 5.56 Å². The Labute approximate surface area is 130 Å². The maximum absolute atomic E-state index is 5.94. The third-order valence-electron chi connectivity index (χ3n) is 3.59. The van der Waals surface area contributed by atoms with Gasteiger partial charge in [0.2, 0.25) is 0 Å². The van der Waals surface area contributed by atoms with E-state index in [-0.39, 0.29) is 0 Å². The Hall–Kier alpha value is -0.580. The molecule has 20 heavy (non-hydrogen) atoms. The van der Waals surface area contributed by atoms with Gasteiger partial charge < -0.3 is 14.8 Å². The van der Waals surface area contributed by atoms with Gasteiger partial charge in [-0.3, -0.25) is 0 Å². The van der Waals surface area contributed by atoms with Crippen molar-refractivity contribution < 1.29 is 9.47 Å². The summed E-state index contributed by atoms with van der Waals surface area (Å²) in [5, 5.41) is 3.42. The predicted octanol–water partition coefficient (Wildman–Crippen LogP) is 3.75. The molecule has 1 aliphatic rings. The van der Waals surface area contributed by atoms with Gasteiger partial charge >= 0.3 is 0 Å². The molecule has 0 atom stereocenters. The van der Waals surface area contributed by atoms with Gasteiger partial charge in [0.25, 0.3) is 0 Å². The van der Waals surface area contributed by atoms with Crippen molar-refractivity contribution in [3.8, 4) is 5.75 Å². The molecule has 0 saturated carbocycles. The number of hydrogen-bond acceptors (Lipinski definition) is 3. The lowest BCUT2D eigenvalue weighted by atomic mass is 10.0. The SMILES string of the molecule is CCCNCc1cc(OCC2CCOCC2)ccc1Br. The Kier molecular flexibility index (Phi) is 6.83. The lowest BCUT2D eigenvalue weighted by Crippen LogP contribution is -2.21. The number of hydrogen-bond donors (Lipinski definition) is 1. The predicted molar refractivity (Wildman–Crippen MR) is 85.2 cm³/mol. The van der Waals surface area contributed by atoms with Crippen LogP contribution in [0.5, 0.6) is 5.75 Å². The van der Waals surface area contributed by atoms with E-state index in [4.69, 9.17) is 9.47 Å². The summed E-state index contributed by atoms with van der Waals surface area (Å²) in [5.74, 6) is 1.60. The van der Waals surface area contributed by atoms with Crippen molar-refractivity contribution in [3.05, 3.63) is 28.2 Å². The van der Waals surface area contributed by atoms with Crippen LogP contribution < -0.4 is 10.1 Å². The summed E-state index contributed by atoms with van der Waals surface area (Å²) in [4.78, 5) is 0. The van der Waals surface area contributed by atoms with Gasteiger partial charge in [0, 0.05) is 24.2 Å². The van der Waals surface area contributed by atoms with E-state index in [0.717, 1.165) is 62.4 Å². The van der Waals surface area contributed by atoms with E-state index in [1.807, 2.05) is 6.07 Å². The molecule has 0 aliphatic carbocycles. The van der Waals surface area contributed by atoms with E-state index in [2.05, 4.69) is 40.3 Å². The number of halogens is 1. The number of ether oxygens (including phenoxy) is 2. The summed E-state index contributed by atoms with van der Waals surface area (Å²) < 4.78 is 12.5. The Bertz CT molecular complexity index is 405. The summed E-state index contributed by atoms with van der Waals surface area (Å²) in [7, 11) is 0. The topological polar surface area (TPSA) is 30.5 Å². The minimum absolute atomic E-state index is 0.633. The van der Waals surface area contributed by atoms with Gasteiger partial charge in [-0.05, 0) is 55.5 Å². The van der Waals surface area contributed by atoms with Gasteiger partial charge in [-0.15, -0.1) is 0 Å². The maximum Gasteiger partial charge on any atom is 0.119 e. The standard InChI is InChI=1S/C16H24BrNO2/c1-2-7-18-11-14-10-15(3-4-16(14)17)20-12-13-5-8-19-9-6-13/h3-4,10,13,18H,2,5-9,11-12H2,1H3. The molecule has 0 radical (unpaired) electrons. The van der Waals surface area contributed by atoms with Crippen molar-refractivity contribution in [2.45, 2.75) is 32.7 Å². The van der Waals surface area contributed by atoms with Crippen LogP contribution in [0.1, 0.15) is 31.7 Å². The van der Waals surface area contributed by atoms with Gasteiger partial charge in [-0.25, -0.2) is 0 Å². The van der Waals surface area contributed by atoms with Crippen LogP contribution in [0.25, 0.3) is 0 Å². The lowest BCUT2D eigenvalue weighted by Gasteiger charge is -2.22. The average molecular weight is 342 g/mol. The fourth-order valence-corrected chi connectivity index (χ4v) is 2.69. The highest BCUT2D eigenvalue weighted by atomic mass is 79.9. The summed E-state index contributed by atoms with van der Waals surface area (Å²) in [6, 6.07) is 6.24. The van der Waals surface area contributed by atoms with Crippen molar-refractivity contribution in [1.82, 2.24) is 5.32 Å². The molecule has 0 bridgehead atoms. The van der Waals surface area contributed by atoms with Crippen molar-refractivity contribution in [2.24, 2.45) is 5.92 Å². The molecule has 1 saturated heterocycles. The molecule has 112 valence electrons. The van der Waals surface area contributed by atoms with Crippen LogP contribution in [-0.4, -0.2) is 26.4 Å². The molecule has 0 aromatic heterocycles. The van der Waals surface area contributed by atoms with Crippen LogP contribution in [0.2, 0.25) is 0 Å². The van der Waals surface area contributed by atoms with Crippen LogP contribution in [0.4, 0.5) is 0 Å². The van der Waals surface area contributed by atoms with Crippen LogP contribution in [0.3, 0.4) is 0 Å². The molecule has 1 N–H and O–H groups in total. The quantitative estimate of drug-likeness (QED) is 0.766. The molecule has 0 spiro atoms. The molecule has 2 rings (SSSR count). The first-order valence-electron chi connectivity index (χ1n) is 7.49. The summed E-state index contributed by atoms with van der Waals surface area (Å²) in [6.45, 7) is 6.64. The van der Waals surface area contributed by atoms with Crippen molar-refractivity contribution in [2.75, 3.05) is 26.4 Å². The number of nitrogens with one attached hydrogen (secondary N) is 1. The van der Waals surface area contributed by atoms with Crippen molar-refractivity contribution >= 4 is 15.9 Å². The molecule has 0 unspecified atom stereocenters. The second-order valence-corrected chi connectivity index (χ2v) is 6.15. The molecule has 4 heteroatoms. The smallest absolute Gasteiger partial charge is 0.119 e. The highest BCUT2D eigenvalue weighted by molar-refractivity contribution is 9.10. The zero-order valence-corrected chi connectivity index (χ0v) is 13.7. The van der Waals surface area contributed by atoms with Crippen LogP contribution in [-0.2, 0) is 11.3 Å². The Morgan fingerprint density at radius 3 is 2.90 bits per heavy atom. The fourth-order valence-electron chi connectivity index (χ4n) is 2.30. The van der Waals surface area contributed by atoms with E-state index >= 15 is 0 Å². The third-order valence-corrected chi connectivity index (χ3v) is 4.36. The maximum atomic E-state index is 5.94. The van der Waals surface area contributed by atoms with E-state index in [9.17, 15) is 0 Å². The molecule has 3 nitrogen and oxygen atoms in total. The zero-order chi connectivity index (χ0) is 14.2. The number of rotatable bonds is 7. The second-order valence-electron chi connectivity index (χ2n) is 5.30. The first kappa shape index (κ1) is 15.8. The Morgan fingerprint density at radius 1 is 1.35 bits per heavy atom. The molecule has 1 heterocycles. The van der Waals surface area contributed by atoms with Gasteiger partial charge in [-0.1, -0.05) is 22.9 Å². The van der Waals surface area contributed by atoms with E-state index < -0.39 is 0 Å². The van der Waals surface area contributed by atoms with Gasteiger partial charge in [0.15, 0.2) is 0 Å². The first-order chi connectivity index (χ1) is 9.79. The van der Waals surface area contributed by atoms with E-state index in [0.29, 0.717) is 5.92 Å². The normalized spacial score (nSPS) is 16.3.